The first-order chi connectivity index (χ1) is 22.1. The second-order valence-corrected chi connectivity index (χ2v) is 16.2. The Morgan fingerprint density at radius 1 is 1.02 bits per heavy atom. The molecule has 1 N–H and O–H groups in total. The predicted octanol–water partition coefficient (Wildman–Crippen LogP) is 5.53. The molecule has 49 heavy (non-hydrogen) atoms. The molecule has 3 aliphatic rings. The third-order valence-corrected chi connectivity index (χ3v) is 11.7. The van der Waals surface area contributed by atoms with Gasteiger partial charge in [-0.05, 0) is 93.0 Å². The van der Waals surface area contributed by atoms with E-state index in [0.717, 1.165) is 23.5 Å². The van der Waals surface area contributed by atoms with Crippen LogP contribution in [0.3, 0.4) is 0 Å². The van der Waals surface area contributed by atoms with Crippen molar-refractivity contribution in [3.05, 3.63) is 17.1 Å². The molecule has 0 aromatic carbocycles. The zero-order chi connectivity index (χ0) is 36.5. The van der Waals surface area contributed by atoms with Gasteiger partial charge in [0.1, 0.15) is 23.2 Å². The Bertz CT molecular complexity index is 1160. The monoisotopic (exact) mass is 769 g/mol. The number of cyclic esters (lactones) is 1. The van der Waals surface area contributed by atoms with Gasteiger partial charge in [-0.15, -0.1) is 5.92 Å². The number of ether oxygens (including phenoxy) is 6. The van der Waals surface area contributed by atoms with Crippen molar-refractivity contribution in [3.63, 3.8) is 0 Å². The second-order valence-electron chi connectivity index (χ2n) is 16.2. The number of rotatable bonds is 5. The Balaban J connectivity index is 0.00000833. The quantitative estimate of drug-likeness (QED) is 0.166. The minimum atomic E-state index is -1.55. The van der Waals surface area contributed by atoms with Gasteiger partial charge in [0.05, 0.1) is 37.1 Å². The Morgan fingerprint density at radius 2 is 1.61 bits per heavy atom. The van der Waals surface area contributed by atoms with Crippen molar-refractivity contribution in [2.75, 3.05) is 34.4 Å². The molecule has 0 saturated carbocycles. The number of methoxy groups -OCH3 is 1. The van der Waals surface area contributed by atoms with Gasteiger partial charge in [-0.25, -0.2) is 0 Å². The fourth-order valence-corrected chi connectivity index (χ4v) is 7.99. The summed E-state index contributed by atoms with van der Waals surface area (Å²) in [4.78, 5) is 30.8. The standard InChI is InChI=1S/C38H66NO9.Y/c1-16-29-38(12,42)33-26(7)25(6)21(2)18-37(11,45-20-23(4)22(3)19-44-33)32(27(8)31(40)36(9,10)35(41)47-29)48-34-30(43-15)28(39(13)14)17-24(5)46-34;/h21,24,26-30,32-34,42H,16-20H2,1-15H3;/q-1;/b23-22+;/t21-,24-,26+,27+,28+,29-,30-,32-,33-,34+,37-,38-;/m1./s1. The Morgan fingerprint density at radius 3 is 2.16 bits per heavy atom. The van der Waals surface area contributed by atoms with Crippen LogP contribution in [0, 0.1) is 29.1 Å². The first-order valence-corrected chi connectivity index (χ1v) is 17.9. The molecule has 10 nitrogen and oxygen atoms in total. The molecule has 3 rings (SSSR count). The summed E-state index contributed by atoms with van der Waals surface area (Å²) in [6, 6.07) is 0.0172. The number of carbonyl (C=O) groups excluding carboxylic acids is 2. The molecule has 12 atom stereocenters. The molecule has 2 bridgehead atoms. The van der Waals surface area contributed by atoms with Crippen molar-refractivity contribution in [2.45, 2.75) is 156 Å². The summed E-state index contributed by atoms with van der Waals surface area (Å²) in [5, 5.41) is 12.2. The normalized spacial score (nSPS) is 43.4. The Labute approximate surface area is 321 Å². The zero-order valence-corrected chi connectivity index (χ0v) is 35.9. The molecular formula is C38H66NO9Y-. The second kappa shape index (κ2) is 17.7. The Kier molecular flexibility index (Phi) is 16.2. The van der Waals surface area contributed by atoms with E-state index >= 15 is 0 Å². The van der Waals surface area contributed by atoms with Gasteiger partial charge in [0.25, 0.3) is 0 Å². The van der Waals surface area contributed by atoms with Crippen LogP contribution in [0.25, 0.3) is 0 Å². The number of Topliss-reactive ketones (excluding diaryl/α,β-unsaturated/α-hetero) is 1. The molecule has 0 aromatic heterocycles. The molecule has 0 aliphatic carbocycles. The summed E-state index contributed by atoms with van der Waals surface area (Å²) < 4.78 is 39.1. The van der Waals surface area contributed by atoms with Crippen LogP contribution < -0.4 is 0 Å². The summed E-state index contributed by atoms with van der Waals surface area (Å²) in [5.74, 6) is -0.982. The van der Waals surface area contributed by atoms with Crippen LogP contribution in [-0.4, -0.2) is 110 Å². The van der Waals surface area contributed by atoms with Crippen LogP contribution in [0.15, 0.2) is 11.1 Å². The molecule has 3 aliphatic heterocycles. The topological polar surface area (TPSA) is 113 Å². The van der Waals surface area contributed by atoms with Crippen LogP contribution in [0.4, 0.5) is 0 Å². The third kappa shape index (κ3) is 9.63. The number of aliphatic hydroxyl groups is 1. The van der Waals surface area contributed by atoms with E-state index in [-0.39, 0.29) is 75.7 Å². The van der Waals surface area contributed by atoms with Gasteiger partial charge in [0.15, 0.2) is 12.1 Å². The fraction of sp³-hybridized carbons (Fsp3) is 0.868. The molecule has 1 radical (unpaired) electrons. The number of fused-ring (bicyclic) bond motifs is 5. The molecule has 0 aromatic rings. The van der Waals surface area contributed by atoms with Gasteiger partial charge in [-0.1, -0.05) is 27.7 Å². The van der Waals surface area contributed by atoms with E-state index in [2.05, 4.69) is 25.7 Å². The van der Waals surface area contributed by atoms with Crippen molar-refractivity contribution < 1.29 is 75.8 Å². The van der Waals surface area contributed by atoms with E-state index in [4.69, 9.17) is 28.4 Å². The number of ketones is 1. The molecule has 3 heterocycles. The van der Waals surface area contributed by atoms with Crippen LogP contribution in [0.5, 0.6) is 0 Å². The summed E-state index contributed by atoms with van der Waals surface area (Å²) >= 11 is 0. The minimum absolute atomic E-state index is 0. The zero-order valence-electron chi connectivity index (χ0n) is 33.0. The van der Waals surface area contributed by atoms with Crippen LogP contribution >= 0.6 is 0 Å². The SMILES string of the molecule is CC[C@H]1OC(=O)C(C)(C)C(=O)[C@H](C)[C@@H](O[C@@H]2O[C@H](C)C[C@H](N(C)C)[C@H]2OC)[C@@]2(C)C[C@@H](C)[C-](C)[C@H](C)[C@@H](OC/C(C)=C(\C)CO2)[C@]1(C)O.[Y]. The van der Waals surface area contributed by atoms with Crippen molar-refractivity contribution in [1.82, 2.24) is 4.90 Å². The van der Waals surface area contributed by atoms with Crippen molar-refractivity contribution in [2.24, 2.45) is 23.2 Å². The average Bonchev–Trinajstić information content (AvgIpc) is 3.01. The number of hydrogen-bond donors (Lipinski definition) is 1. The van der Waals surface area contributed by atoms with E-state index in [1.165, 1.54) is 0 Å². The number of likely N-dealkylation sites (N-methyl/N-ethyl adjacent to an activating group) is 1. The van der Waals surface area contributed by atoms with Crippen LogP contribution in [-0.2, 0) is 70.7 Å². The number of hydrogen-bond acceptors (Lipinski definition) is 10. The predicted molar refractivity (Wildman–Crippen MR) is 185 cm³/mol. The van der Waals surface area contributed by atoms with E-state index < -0.39 is 59.2 Å². The molecule has 281 valence electrons. The molecule has 2 fully saturated rings. The van der Waals surface area contributed by atoms with Crippen LogP contribution in [0.2, 0.25) is 0 Å². The average molecular weight is 770 g/mol. The van der Waals surface area contributed by atoms with Gasteiger partial charge in [0, 0.05) is 51.8 Å². The maximum Gasteiger partial charge on any atom is 0.319 e. The molecule has 0 unspecified atom stereocenters. The summed E-state index contributed by atoms with van der Waals surface area (Å²) in [7, 11) is 5.69. The summed E-state index contributed by atoms with van der Waals surface area (Å²) in [6.45, 7) is 23.4. The van der Waals surface area contributed by atoms with Gasteiger partial charge in [-0.3, -0.25) is 9.59 Å². The molecule has 0 spiro atoms. The maximum atomic E-state index is 14.6. The van der Waals surface area contributed by atoms with E-state index in [0.29, 0.717) is 12.8 Å². The van der Waals surface area contributed by atoms with E-state index in [1.54, 1.807) is 27.9 Å². The van der Waals surface area contributed by atoms with Gasteiger partial charge >= 0.3 is 5.97 Å². The van der Waals surface area contributed by atoms with Crippen molar-refractivity contribution >= 4 is 11.8 Å². The van der Waals surface area contributed by atoms with Gasteiger partial charge in [-0.2, -0.15) is 12.8 Å². The molecule has 11 heteroatoms. The summed E-state index contributed by atoms with van der Waals surface area (Å²) in [6.07, 6.45) is -2.16. The first kappa shape index (κ1) is 44.9. The van der Waals surface area contributed by atoms with Crippen molar-refractivity contribution in [1.29, 1.82) is 0 Å². The first-order valence-electron chi connectivity index (χ1n) is 17.9. The molecule has 2 saturated heterocycles. The maximum absolute atomic E-state index is 14.6. The van der Waals surface area contributed by atoms with E-state index in [9.17, 15) is 14.7 Å². The smallest absolute Gasteiger partial charge is 0.319 e. The number of esters is 1. The summed E-state index contributed by atoms with van der Waals surface area (Å²) in [5.41, 5.74) is -2.14. The van der Waals surface area contributed by atoms with Crippen LogP contribution in [0.1, 0.15) is 102 Å². The van der Waals surface area contributed by atoms with Gasteiger partial charge < -0.3 is 44.3 Å². The van der Waals surface area contributed by atoms with Gasteiger partial charge in [0.2, 0.25) is 0 Å². The third-order valence-electron chi connectivity index (χ3n) is 11.7. The number of carbonyl (C=O) groups is 2. The van der Waals surface area contributed by atoms with E-state index in [1.807, 2.05) is 55.6 Å². The Hall–Kier alpha value is -0.296. The molecule has 0 amide bonds. The largest absolute Gasteiger partial charge is 0.458 e. The van der Waals surface area contributed by atoms with Crippen molar-refractivity contribution in [3.8, 4) is 0 Å². The fourth-order valence-electron chi connectivity index (χ4n) is 7.99. The number of nitrogens with zero attached hydrogens (tertiary/aromatic N) is 1. The minimum Gasteiger partial charge on any atom is -0.458 e. The molecular weight excluding hydrogens is 703 g/mol.